The first-order chi connectivity index (χ1) is 21.0. The van der Waals surface area contributed by atoms with E-state index in [1.54, 1.807) is 4.90 Å². The second-order valence-corrected chi connectivity index (χ2v) is 13.4. The summed E-state index contributed by atoms with van der Waals surface area (Å²) in [6.07, 6.45) is 10.9. The summed E-state index contributed by atoms with van der Waals surface area (Å²) in [6.45, 7) is 21.1. The van der Waals surface area contributed by atoms with Crippen LogP contribution in [0.25, 0.3) is 0 Å². The molecule has 0 N–H and O–H groups in total. The van der Waals surface area contributed by atoms with E-state index in [9.17, 15) is 10.1 Å². The molecule has 3 atom stereocenters. The van der Waals surface area contributed by atoms with E-state index in [2.05, 4.69) is 42.2 Å². The van der Waals surface area contributed by atoms with Gasteiger partial charge in [-0.2, -0.15) is 15.2 Å². The highest BCUT2D eigenvalue weighted by Gasteiger charge is 2.45. The molecule has 1 aromatic heterocycles. The number of allylic oxidation sites excluding steroid dienone is 4. The Bertz CT molecular complexity index is 1290. The number of likely N-dealkylation sites (tertiary alicyclic amines) is 1. The fourth-order valence-electron chi connectivity index (χ4n) is 7.14. The van der Waals surface area contributed by atoms with E-state index in [1.807, 2.05) is 40.7 Å². The Balaban J connectivity index is 0.00000216. The zero-order chi connectivity index (χ0) is 32.1. The van der Waals surface area contributed by atoms with Crippen LogP contribution >= 0.6 is 0 Å². The van der Waals surface area contributed by atoms with Gasteiger partial charge in [0, 0.05) is 36.7 Å². The third kappa shape index (κ3) is 7.28. The van der Waals surface area contributed by atoms with Crippen molar-refractivity contribution in [2.45, 2.75) is 104 Å². The summed E-state index contributed by atoms with van der Waals surface area (Å²) in [5.74, 6) is 0.877. The third-order valence-corrected chi connectivity index (χ3v) is 9.37. The van der Waals surface area contributed by atoms with Crippen LogP contribution in [-0.4, -0.2) is 83.4 Å². The number of anilines is 1. The summed E-state index contributed by atoms with van der Waals surface area (Å²) < 4.78 is 12.0. The molecule has 3 heterocycles. The topological polar surface area (TPSA) is 94.8 Å². The molecular weight excluding hydrogens is 552 g/mol. The smallest absolute Gasteiger partial charge is 0.410 e. The lowest BCUT2D eigenvalue weighted by Gasteiger charge is -2.43. The van der Waals surface area contributed by atoms with Crippen LogP contribution in [0.15, 0.2) is 36.5 Å². The lowest BCUT2D eigenvalue weighted by atomic mass is 9.69. The van der Waals surface area contributed by atoms with Gasteiger partial charge in [-0.1, -0.05) is 44.7 Å². The number of hydrogen-bond acceptors (Lipinski definition) is 8. The maximum absolute atomic E-state index is 13.0. The Labute approximate surface area is 264 Å². The van der Waals surface area contributed by atoms with Gasteiger partial charge in [0.2, 0.25) is 0 Å². The van der Waals surface area contributed by atoms with E-state index in [1.165, 1.54) is 17.6 Å². The lowest BCUT2D eigenvalue weighted by Crippen LogP contribution is -2.56. The van der Waals surface area contributed by atoms with Crippen molar-refractivity contribution < 1.29 is 14.3 Å². The minimum atomic E-state index is -0.600. The quantitative estimate of drug-likeness (QED) is 0.376. The molecule has 3 fully saturated rings. The van der Waals surface area contributed by atoms with Gasteiger partial charge >= 0.3 is 12.1 Å². The highest BCUT2D eigenvalue weighted by atomic mass is 16.6. The first-order valence-electron chi connectivity index (χ1n) is 16.4. The van der Waals surface area contributed by atoms with Gasteiger partial charge < -0.3 is 24.2 Å². The average Bonchev–Trinajstić information content (AvgIpc) is 3.53. The van der Waals surface area contributed by atoms with E-state index in [0.717, 1.165) is 62.1 Å². The number of nitrogens with zero attached hydrogens (tertiary/aromatic N) is 6. The van der Waals surface area contributed by atoms with E-state index < -0.39 is 5.60 Å². The van der Waals surface area contributed by atoms with Crippen LogP contribution in [0.3, 0.4) is 0 Å². The molecule has 0 bridgehead atoms. The van der Waals surface area contributed by atoms with Gasteiger partial charge in [-0.3, -0.25) is 0 Å². The summed E-state index contributed by atoms with van der Waals surface area (Å²) in [5.41, 5.74) is 4.10. The van der Waals surface area contributed by atoms with Crippen LogP contribution in [0.1, 0.15) is 84.4 Å². The molecule has 1 spiro atoms. The largest absolute Gasteiger partial charge is 0.462 e. The summed E-state index contributed by atoms with van der Waals surface area (Å²) >= 11 is 0. The lowest BCUT2D eigenvalue weighted by molar-refractivity contribution is 0.0144. The minimum Gasteiger partial charge on any atom is -0.462 e. The van der Waals surface area contributed by atoms with E-state index in [4.69, 9.17) is 19.4 Å². The first-order valence-corrected chi connectivity index (χ1v) is 16.4. The van der Waals surface area contributed by atoms with E-state index in [0.29, 0.717) is 38.3 Å². The molecular formula is C35H52N6O3. The van der Waals surface area contributed by atoms with Crippen molar-refractivity contribution >= 4 is 11.9 Å². The molecule has 5 rings (SSSR count). The summed E-state index contributed by atoms with van der Waals surface area (Å²) in [4.78, 5) is 29.3. The molecule has 1 saturated carbocycles. The Kier molecular flexibility index (Phi) is 10.8. The monoisotopic (exact) mass is 604 g/mol. The predicted octanol–water partition coefficient (Wildman–Crippen LogP) is 6.25. The second-order valence-electron chi connectivity index (χ2n) is 13.4. The summed E-state index contributed by atoms with van der Waals surface area (Å²) in [6, 6.07) is 2.76. The zero-order valence-electron chi connectivity index (χ0n) is 27.8. The van der Waals surface area contributed by atoms with Crippen molar-refractivity contribution in [3.63, 3.8) is 0 Å². The van der Waals surface area contributed by atoms with Gasteiger partial charge in [0.05, 0.1) is 24.2 Å². The molecule has 0 aromatic carbocycles. The number of nitriles is 1. The summed E-state index contributed by atoms with van der Waals surface area (Å²) in [7, 11) is 2.14. The van der Waals surface area contributed by atoms with Crippen LogP contribution in [0, 0.1) is 16.7 Å². The number of amides is 1. The van der Waals surface area contributed by atoms with E-state index in [-0.39, 0.29) is 24.0 Å². The third-order valence-electron chi connectivity index (χ3n) is 9.37. The number of ether oxygens (including phenoxy) is 2. The molecule has 4 aliphatic rings. The number of likely N-dealkylation sites (N-methyl/N-ethyl adjacent to an activating group) is 1. The van der Waals surface area contributed by atoms with Crippen molar-refractivity contribution in [2.75, 3.05) is 44.7 Å². The molecule has 2 aliphatic carbocycles. The molecule has 1 aromatic rings. The molecule has 240 valence electrons. The molecule has 3 unspecified atom stereocenters. The fourth-order valence-corrected chi connectivity index (χ4v) is 7.14. The first kappa shape index (κ1) is 33.5. The number of fused-ring (bicyclic) bond motifs is 1. The molecule has 44 heavy (non-hydrogen) atoms. The maximum Gasteiger partial charge on any atom is 0.410 e. The zero-order valence-corrected chi connectivity index (χ0v) is 27.8. The van der Waals surface area contributed by atoms with Gasteiger partial charge in [-0.15, -0.1) is 0 Å². The highest BCUT2D eigenvalue weighted by molar-refractivity contribution is 5.69. The van der Waals surface area contributed by atoms with Crippen LogP contribution in [0.4, 0.5) is 10.6 Å². The Hall–Kier alpha value is -3.38. The van der Waals surface area contributed by atoms with E-state index >= 15 is 0 Å². The van der Waals surface area contributed by atoms with Crippen molar-refractivity contribution in [3.05, 3.63) is 47.7 Å². The summed E-state index contributed by atoms with van der Waals surface area (Å²) in [5, 5.41) is 9.63. The van der Waals surface area contributed by atoms with Crippen LogP contribution in [0.5, 0.6) is 6.01 Å². The van der Waals surface area contributed by atoms with Gasteiger partial charge in [0.25, 0.3) is 0 Å². The van der Waals surface area contributed by atoms with Crippen molar-refractivity contribution in [3.8, 4) is 12.1 Å². The molecule has 2 aliphatic heterocycles. The second kappa shape index (κ2) is 14.2. The molecule has 0 radical (unpaired) electrons. The molecule has 2 saturated heterocycles. The molecule has 9 nitrogen and oxygen atoms in total. The molecule has 1 amide bonds. The minimum absolute atomic E-state index is 0.00555. The number of carbonyl (C=O) groups is 1. The number of hydrogen-bond donors (Lipinski definition) is 0. The van der Waals surface area contributed by atoms with Gasteiger partial charge in [0.1, 0.15) is 18.0 Å². The standard InChI is InChI=1S/C33H46N6O3.C2H6/c1-7-9-27-23(2)11-14-33(27)15-12-26-28(20-33)35-30(41-22-25-10-8-17-37(25)6)36-29(26)38-18-19-39(24(21-38)13-16-34)31(40)42-32(3,4)5;1-2/h7,9,24-25H,1-2,8,10-15,17-22H2,3-6H3;1-2H3/b27-9+;. The van der Waals surface area contributed by atoms with Crippen molar-refractivity contribution in [1.82, 2.24) is 19.8 Å². The number of piperazine rings is 1. The van der Waals surface area contributed by atoms with Crippen LogP contribution in [-0.2, 0) is 17.6 Å². The van der Waals surface area contributed by atoms with Gasteiger partial charge in [0.15, 0.2) is 0 Å². The van der Waals surface area contributed by atoms with Crippen molar-refractivity contribution in [2.24, 2.45) is 5.41 Å². The Morgan fingerprint density at radius 3 is 2.57 bits per heavy atom. The van der Waals surface area contributed by atoms with Crippen molar-refractivity contribution in [1.29, 1.82) is 5.26 Å². The maximum atomic E-state index is 13.0. The average molecular weight is 605 g/mol. The Morgan fingerprint density at radius 2 is 1.91 bits per heavy atom. The van der Waals surface area contributed by atoms with Crippen LogP contribution in [0.2, 0.25) is 0 Å². The number of carbonyl (C=O) groups excluding carboxylic acids is 1. The number of aromatic nitrogens is 2. The van der Waals surface area contributed by atoms with Gasteiger partial charge in [-0.25, -0.2) is 4.79 Å². The SMILES string of the molecule is C=C/C=C1\C(=C)CCC12CCc1c(nc(OCC3CCCN3C)nc1N1CCN(C(=O)OC(C)(C)C)C(CC#N)C1)C2.CC. The molecule has 9 heteroatoms. The predicted molar refractivity (Wildman–Crippen MR) is 175 cm³/mol. The Morgan fingerprint density at radius 1 is 1.16 bits per heavy atom. The highest BCUT2D eigenvalue weighted by Crippen LogP contribution is 2.54. The normalized spacial score (nSPS) is 26.2. The van der Waals surface area contributed by atoms with Crippen LogP contribution < -0.4 is 9.64 Å². The number of rotatable bonds is 6. The fraction of sp³-hybridized carbons (Fsp3) is 0.657. The van der Waals surface area contributed by atoms with Gasteiger partial charge in [-0.05, 0) is 84.9 Å².